The van der Waals surface area contributed by atoms with Crippen LogP contribution in [-0.2, 0) is 6.61 Å². The molecule has 4 rings (SSSR count). The summed E-state index contributed by atoms with van der Waals surface area (Å²) in [5.74, 6) is 0.786. The van der Waals surface area contributed by atoms with E-state index in [2.05, 4.69) is 4.98 Å². The van der Waals surface area contributed by atoms with Crippen LogP contribution in [-0.4, -0.2) is 17.9 Å². The van der Waals surface area contributed by atoms with Crippen molar-refractivity contribution < 1.29 is 14.3 Å². The quantitative estimate of drug-likeness (QED) is 0.247. The second-order valence-corrected chi connectivity index (χ2v) is 6.93. The van der Waals surface area contributed by atoms with Gasteiger partial charge in [0.15, 0.2) is 11.5 Å². The lowest BCUT2D eigenvalue weighted by Gasteiger charge is -2.11. The average molecular weight is 408 g/mol. The molecule has 0 radical (unpaired) electrons. The first-order valence-electron chi connectivity index (χ1n) is 9.77. The third-order valence-electron chi connectivity index (χ3n) is 4.93. The first kappa shape index (κ1) is 20.0. The Bertz CT molecular complexity index is 1300. The highest BCUT2D eigenvalue weighted by molar-refractivity contribution is 6.19. The van der Waals surface area contributed by atoms with Gasteiger partial charge in [-0.2, -0.15) is 5.26 Å². The van der Waals surface area contributed by atoms with Gasteiger partial charge in [-0.1, -0.05) is 54.6 Å². The largest absolute Gasteiger partial charge is 0.493 e. The number of aromatic amines is 1. The summed E-state index contributed by atoms with van der Waals surface area (Å²) in [5, 5.41) is 10.4. The third-order valence-corrected chi connectivity index (χ3v) is 4.93. The maximum atomic E-state index is 13.0. The van der Waals surface area contributed by atoms with Gasteiger partial charge in [-0.15, -0.1) is 0 Å². The molecule has 5 heteroatoms. The van der Waals surface area contributed by atoms with Crippen molar-refractivity contribution in [2.45, 2.75) is 6.61 Å². The maximum Gasteiger partial charge on any atom is 0.205 e. The number of nitriles is 1. The lowest BCUT2D eigenvalue weighted by atomic mass is 10.0. The molecule has 31 heavy (non-hydrogen) atoms. The molecule has 0 aliphatic heterocycles. The molecule has 0 unspecified atom stereocenters. The van der Waals surface area contributed by atoms with E-state index in [1.165, 1.54) is 0 Å². The second-order valence-electron chi connectivity index (χ2n) is 6.93. The van der Waals surface area contributed by atoms with Gasteiger partial charge in [-0.25, -0.2) is 0 Å². The van der Waals surface area contributed by atoms with E-state index in [4.69, 9.17) is 9.47 Å². The van der Waals surface area contributed by atoms with Gasteiger partial charge in [0.05, 0.1) is 7.11 Å². The van der Waals surface area contributed by atoms with Crippen molar-refractivity contribution in [3.05, 3.63) is 101 Å². The van der Waals surface area contributed by atoms with Crippen LogP contribution < -0.4 is 9.47 Å². The first-order valence-corrected chi connectivity index (χ1v) is 9.77. The highest BCUT2D eigenvalue weighted by Gasteiger charge is 2.17. The summed E-state index contributed by atoms with van der Waals surface area (Å²) in [7, 11) is 1.57. The van der Waals surface area contributed by atoms with Crippen molar-refractivity contribution in [2.75, 3.05) is 7.11 Å². The summed E-state index contributed by atoms with van der Waals surface area (Å²) in [4.78, 5) is 16.1. The zero-order chi connectivity index (χ0) is 21.6. The Morgan fingerprint density at radius 3 is 2.58 bits per heavy atom. The molecule has 0 saturated heterocycles. The van der Waals surface area contributed by atoms with E-state index in [0.29, 0.717) is 29.2 Å². The molecule has 0 fully saturated rings. The molecule has 0 atom stereocenters. The van der Waals surface area contributed by atoms with Gasteiger partial charge < -0.3 is 14.5 Å². The predicted octanol–water partition coefficient (Wildman–Crippen LogP) is 5.55. The fourth-order valence-electron chi connectivity index (χ4n) is 3.35. The predicted molar refractivity (Wildman–Crippen MR) is 120 cm³/mol. The number of hydrogen-bond acceptors (Lipinski definition) is 4. The molecule has 0 saturated carbocycles. The Morgan fingerprint density at radius 1 is 1.03 bits per heavy atom. The lowest BCUT2D eigenvalue weighted by Crippen LogP contribution is -2.01. The van der Waals surface area contributed by atoms with Crippen molar-refractivity contribution in [3.63, 3.8) is 0 Å². The zero-order valence-corrected chi connectivity index (χ0v) is 17.0. The van der Waals surface area contributed by atoms with Gasteiger partial charge in [0.25, 0.3) is 0 Å². The second kappa shape index (κ2) is 9.02. The first-order chi connectivity index (χ1) is 15.2. The van der Waals surface area contributed by atoms with Crippen LogP contribution in [0.5, 0.6) is 11.5 Å². The van der Waals surface area contributed by atoms with Crippen LogP contribution in [0.4, 0.5) is 0 Å². The molecule has 1 N–H and O–H groups in total. The van der Waals surface area contributed by atoms with Crippen molar-refractivity contribution in [1.82, 2.24) is 4.98 Å². The van der Waals surface area contributed by atoms with Gasteiger partial charge in [0, 0.05) is 22.7 Å². The SMILES string of the molecule is COc1ccc(/C=C(\C#N)C(=O)c2c[nH]c3ccccc23)cc1OCc1ccccc1. The van der Waals surface area contributed by atoms with E-state index in [1.807, 2.05) is 60.7 Å². The number of ether oxygens (including phenoxy) is 2. The normalized spacial score (nSPS) is 11.2. The zero-order valence-electron chi connectivity index (χ0n) is 17.0. The van der Waals surface area contributed by atoms with E-state index >= 15 is 0 Å². The number of fused-ring (bicyclic) bond motifs is 1. The number of Topliss-reactive ketones (excluding diaryl/α,β-unsaturated/α-hetero) is 1. The van der Waals surface area contributed by atoms with Crippen molar-refractivity contribution in [2.24, 2.45) is 0 Å². The molecule has 3 aromatic carbocycles. The van der Waals surface area contributed by atoms with Crippen LogP contribution in [0.2, 0.25) is 0 Å². The smallest absolute Gasteiger partial charge is 0.205 e. The molecule has 0 amide bonds. The van der Waals surface area contributed by atoms with Crippen molar-refractivity contribution in [3.8, 4) is 17.6 Å². The number of carbonyl (C=O) groups is 1. The average Bonchev–Trinajstić information content (AvgIpc) is 3.25. The number of hydrogen-bond donors (Lipinski definition) is 1. The molecule has 0 spiro atoms. The Hall–Kier alpha value is -4.30. The van der Waals surface area contributed by atoms with Crippen LogP contribution in [0.15, 0.2) is 84.6 Å². The van der Waals surface area contributed by atoms with E-state index in [1.54, 1.807) is 37.6 Å². The number of rotatable bonds is 7. The third kappa shape index (κ3) is 4.34. The van der Waals surface area contributed by atoms with Crippen LogP contribution in [0.3, 0.4) is 0 Å². The highest BCUT2D eigenvalue weighted by Crippen LogP contribution is 2.30. The van der Waals surface area contributed by atoms with Gasteiger partial charge in [-0.3, -0.25) is 4.79 Å². The molecule has 1 heterocycles. The topological polar surface area (TPSA) is 75.1 Å². The monoisotopic (exact) mass is 408 g/mol. The van der Waals surface area contributed by atoms with Gasteiger partial charge in [0.1, 0.15) is 18.2 Å². The molecular formula is C26H20N2O3. The van der Waals surface area contributed by atoms with Gasteiger partial charge >= 0.3 is 0 Å². The number of nitrogens with one attached hydrogen (secondary N) is 1. The van der Waals surface area contributed by atoms with E-state index in [-0.39, 0.29) is 11.4 Å². The van der Waals surface area contributed by atoms with Crippen LogP contribution in [0.1, 0.15) is 21.5 Å². The molecule has 0 aliphatic carbocycles. The molecule has 1 aromatic heterocycles. The molecule has 0 bridgehead atoms. The number of ketones is 1. The van der Waals surface area contributed by atoms with Gasteiger partial charge in [0.2, 0.25) is 5.78 Å². The minimum atomic E-state index is -0.331. The van der Waals surface area contributed by atoms with E-state index < -0.39 is 0 Å². The minimum absolute atomic E-state index is 0.0453. The molecule has 4 aromatic rings. The summed E-state index contributed by atoms with van der Waals surface area (Å²) in [6.45, 7) is 0.379. The number of para-hydroxylation sites is 1. The highest BCUT2D eigenvalue weighted by atomic mass is 16.5. The van der Waals surface area contributed by atoms with Gasteiger partial charge in [-0.05, 0) is 35.4 Å². The number of carbonyl (C=O) groups excluding carboxylic acids is 1. The van der Waals surface area contributed by atoms with Crippen LogP contribution >= 0.6 is 0 Å². The lowest BCUT2D eigenvalue weighted by molar-refractivity contribution is 0.104. The standard InChI is InChI=1S/C26H20N2O3/c1-30-24-12-11-19(14-25(24)31-17-18-7-3-2-4-8-18)13-20(15-27)26(29)22-16-28-23-10-6-5-9-21(22)23/h2-14,16,28H,17H2,1H3/b20-13+. The van der Waals surface area contributed by atoms with Crippen LogP contribution in [0, 0.1) is 11.3 Å². The number of nitrogens with zero attached hydrogens (tertiary/aromatic N) is 1. The summed E-state index contributed by atoms with van der Waals surface area (Å²) < 4.78 is 11.3. The van der Waals surface area contributed by atoms with Crippen LogP contribution in [0.25, 0.3) is 17.0 Å². The number of H-pyrrole nitrogens is 1. The number of benzene rings is 3. The Labute approximate surface area is 180 Å². The fourth-order valence-corrected chi connectivity index (χ4v) is 3.35. The molecule has 0 aliphatic rings. The number of methoxy groups -OCH3 is 1. The summed E-state index contributed by atoms with van der Waals surface area (Å²) in [5.41, 5.74) is 3.07. The molecule has 152 valence electrons. The molecular weight excluding hydrogens is 388 g/mol. The Morgan fingerprint density at radius 2 is 1.81 bits per heavy atom. The van der Waals surface area contributed by atoms with E-state index in [9.17, 15) is 10.1 Å². The Balaban J connectivity index is 1.63. The van der Waals surface area contributed by atoms with Crippen molar-refractivity contribution in [1.29, 1.82) is 5.26 Å². The fraction of sp³-hybridized carbons (Fsp3) is 0.0769. The summed E-state index contributed by atoms with van der Waals surface area (Å²) in [6.07, 6.45) is 3.21. The summed E-state index contributed by atoms with van der Waals surface area (Å²) >= 11 is 0. The Kier molecular flexibility index (Phi) is 5.82. The van der Waals surface area contributed by atoms with Crippen molar-refractivity contribution >= 4 is 22.8 Å². The maximum absolute atomic E-state index is 13.0. The summed E-state index contributed by atoms with van der Waals surface area (Å²) in [6, 6.07) is 24.6. The number of aromatic nitrogens is 1. The number of allylic oxidation sites excluding steroid dienone is 1. The minimum Gasteiger partial charge on any atom is -0.493 e. The molecule has 5 nitrogen and oxygen atoms in total. The van der Waals surface area contributed by atoms with E-state index in [0.717, 1.165) is 16.5 Å².